The molecular weight excluding hydrogens is 342 g/mol. The minimum absolute atomic E-state index is 0.0650. The highest BCUT2D eigenvalue weighted by atomic mass is 35.5. The van der Waals surface area contributed by atoms with Gasteiger partial charge in [-0.15, -0.1) is 11.8 Å². The molecule has 1 heterocycles. The van der Waals surface area contributed by atoms with Crippen molar-refractivity contribution in [1.82, 2.24) is 9.78 Å². The van der Waals surface area contributed by atoms with Crippen LogP contribution in [-0.4, -0.2) is 21.4 Å². The molecule has 1 amide bonds. The Morgan fingerprint density at radius 3 is 2.62 bits per heavy atom. The van der Waals surface area contributed by atoms with Crippen molar-refractivity contribution < 1.29 is 4.79 Å². The fraction of sp³-hybridized carbons (Fsp3) is 0.111. The van der Waals surface area contributed by atoms with E-state index in [9.17, 15) is 4.79 Å². The first-order valence-corrected chi connectivity index (χ1v) is 8.81. The third-order valence-electron chi connectivity index (χ3n) is 3.38. The van der Waals surface area contributed by atoms with Gasteiger partial charge in [0.15, 0.2) is 0 Å². The Bertz CT molecular complexity index is 820. The van der Waals surface area contributed by atoms with Crippen molar-refractivity contribution >= 4 is 35.1 Å². The van der Waals surface area contributed by atoms with Crippen LogP contribution in [0.15, 0.2) is 71.8 Å². The molecule has 122 valence electrons. The van der Waals surface area contributed by atoms with Crippen LogP contribution in [0.3, 0.4) is 0 Å². The molecule has 0 unspecified atom stereocenters. The zero-order valence-electron chi connectivity index (χ0n) is 12.9. The molecule has 0 aliphatic rings. The van der Waals surface area contributed by atoms with Gasteiger partial charge in [0.2, 0.25) is 5.91 Å². The Hall–Kier alpha value is -2.24. The number of aromatic nitrogens is 2. The van der Waals surface area contributed by atoms with Gasteiger partial charge in [-0.3, -0.25) is 4.79 Å². The molecule has 0 aliphatic carbocycles. The summed E-state index contributed by atoms with van der Waals surface area (Å²) in [4.78, 5) is 13.2. The molecule has 0 fully saturated rings. The molecule has 0 radical (unpaired) electrons. The van der Waals surface area contributed by atoms with E-state index in [1.165, 1.54) is 11.8 Å². The molecule has 3 aromatic rings. The Morgan fingerprint density at radius 2 is 1.83 bits per heavy atom. The number of rotatable bonds is 6. The molecule has 0 saturated carbocycles. The predicted octanol–water partition coefficient (Wildman–Crippen LogP) is 4.32. The van der Waals surface area contributed by atoms with Crippen LogP contribution >= 0.6 is 23.4 Å². The van der Waals surface area contributed by atoms with E-state index in [2.05, 4.69) is 10.4 Å². The van der Waals surface area contributed by atoms with Gasteiger partial charge in [0.25, 0.3) is 0 Å². The van der Waals surface area contributed by atoms with E-state index in [1.807, 2.05) is 54.6 Å². The summed E-state index contributed by atoms with van der Waals surface area (Å²) in [6.07, 6.45) is 1.66. The van der Waals surface area contributed by atoms with E-state index in [-0.39, 0.29) is 5.91 Å². The lowest BCUT2D eigenvalue weighted by molar-refractivity contribution is -0.113. The number of carbonyl (C=O) groups excluding carboxylic acids is 1. The maximum Gasteiger partial charge on any atom is 0.235 e. The SMILES string of the molecule is O=C(CSc1ccccc1)Nc1ccnn1Cc1ccccc1Cl. The first kappa shape index (κ1) is 16.6. The summed E-state index contributed by atoms with van der Waals surface area (Å²) in [6.45, 7) is 0.508. The monoisotopic (exact) mass is 357 g/mol. The lowest BCUT2D eigenvalue weighted by Gasteiger charge is -2.10. The number of halogens is 1. The molecule has 0 aliphatic heterocycles. The molecule has 0 bridgehead atoms. The first-order chi connectivity index (χ1) is 11.7. The molecule has 6 heteroatoms. The Balaban J connectivity index is 1.61. The van der Waals surface area contributed by atoms with E-state index >= 15 is 0 Å². The van der Waals surface area contributed by atoms with Gasteiger partial charge in [-0.05, 0) is 23.8 Å². The fourth-order valence-electron chi connectivity index (χ4n) is 2.20. The van der Waals surface area contributed by atoms with Gasteiger partial charge in [-0.25, -0.2) is 4.68 Å². The smallest absolute Gasteiger partial charge is 0.235 e. The summed E-state index contributed by atoms with van der Waals surface area (Å²) in [6, 6.07) is 19.2. The highest BCUT2D eigenvalue weighted by molar-refractivity contribution is 8.00. The minimum atomic E-state index is -0.0650. The van der Waals surface area contributed by atoms with Crippen molar-refractivity contribution in [2.24, 2.45) is 0 Å². The van der Waals surface area contributed by atoms with E-state index < -0.39 is 0 Å². The lowest BCUT2D eigenvalue weighted by Crippen LogP contribution is -2.17. The van der Waals surface area contributed by atoms with Crippen molar-refractivity contribution in [3.8, 4) is 0 Å². The van der Waals surface area contributed by atoms with Gasteiger partial charge in [-0.1, -0.05) is 48.0 Å². The molecule has 24 heavy (non-hydrogen) atoms. The summed E-state index contributed by atoms with van der Waals surface area (Å²) < 4.78 is 1.73. The van der Waals surface area contributed by atoms with Gasteiger partial charge in [0.1, 0.15) is 5.82 Å². The van der Waals surface area contributed by atoms with Crippen molar-refractivity contribution in [2.45, 2.75) is 11.4 Å². The molecule has 1 aromatic heterocycles. The number of nitrogens with zero attached hydrogens (tertiary/aromatic N) is 2. The molecule has 1 N–H and O–H groups in total. The van der Waals surface area contributed by atoms with Gasteiger partial charge >= 0.3 is 0 Å². The molecular formula is C18H16ClN3OS. The van der Waals surface area contributed by atoms with Crippen LogP contribution in [0.2, 0.25) is 5.02 Å². The van der Waals surface area contributed by atoms with E-state index in [0.29, 0.717) is 23.1 Å². The van der Waals surface area contributed by atoms with Crippen LogP contribution in [0.1, 0.15) is 5.56 Å². The van der Waals surface area contributed by atoms with Crippen LogP contribution in [0, 0.1) is 0 Å². The Labute approximate surface area is 149 Å². The van der Waals surface area contributed by atoms with Crippen molar-refractivity contribution in [3.05, 3.63) is 77.4 Å². The van der Waals surface area contributed by atoms with Crippen LogP contribution in [0.4, 0.5) is 5.82 Å². The molecule has 0 atom stereocenters. The minimum Gasteiger partial charge on any atom is -0.310 e. The number of anilines is 1. The third-order valence-corrected chi connectivity index (χ3v) is 4.76. The molecule has 0 spiro atoms. The van der Waals surface area contributed by atoms with E-state index in [0.717, 1.165) is 10.5 Å². The maximum atomic E-state index is 12.2. The van der Waals surface area contributed by atoms with Crippen molar-refractivity contribution in [3.63, 3.8) is 0 Å². The second-order valence-corrected chi connectivity index (χ2v) is 6.57. The molecule has 3 rings (SSSR count). The zero-order chi connectivity index (χ0) is 16.8. The normalized spacial score (nSPS) is 10.5. The molecule has 4 nitrogen and oxygen atoms in total. The van der Waals surface area contributed by atoms with E-state index in [1.54, 1.807) is 16.9 Å². The first-order valence-electron chi connectivity index (χ1n) is 7.45. The Kier molecular flexibility index (Phi) is 5.56. The average Bonchev–Trinajstić information content (AvgIpc) is 3.03. The number of amides is 1. The van der Waals surface area contributed by atoms with Crippen LogP contribution in [-0.2, 0) is 11.3 Å². The van der Waals surface area contributed by atoms with Gasteiger partial charge in [0.05, 0.1) is 18.5 Å². The van der Waals surface area contributed by atoms with Crippen molar-refractivity contribution in [1.29, 1.82) is 0 Å². The van der Waals surface area contributed by atoms with E-state index in [4.69, 9.17) is 11.6 Å². The van der Waals surface area contributed by atoms with Crippen molar-refractivity contribution in [2.75, 3.05) is 11.1 Å². The summed E-state index contributed by atoms with van der Waals surface area (Å²) in [5, 5.41) is 7.84. The zero-order valence-corrected chi connectivity index (χ0v) is 14.4. The summed E-state index contributed by atoms with van der Waals surface area (Å²) in [5.41, 5.74) is 0.956. The molecule has 0 saturated heterocycles. The highest BCUT2D eigenvalue weighted by Gasteiger charge is 2.09. The third kappa shape index (κ3) is 4.40. The largest absolute Gasteiger partial charge is 0.310 e. The maximum absolute atomic E-state index is 12.2. The fourth-order valence-corrected chi connectivity index (χ4v) is 3.11. The molecule has 2 aromatic carbocycles. The number of thioether (sulfide) groups is 1. The average molecular weight is 358 g/mol. The number of hydrogen-bond acceptors (Lipinski definition) is 3. The Morgan fingerprint density at radius 1 is 1.08 bits per heavy atom. The number of benzene rings is 2. The number of carbonyl (C=O) groups is 1. The van der Waals surface area contributed by atoms with Gasteiger partial charge in [0, 0.05) is 16.0 Å². The van der Waals surface area contributed by atoms with Gasteiger partial charge < -0.3 is 5.32 Å². The lowest BCUT2D eigenvalue weighted by atomic mass is 10.2. The van der Waals surface area contributed by atoms with Crippen LogP contribution < -0.4 is 5.32 Å². The highest BCUT2D eigenvalue weighted by Crippen LogP contribution is 2.19. The van der Waals surface area contributed by atoms with Crippen LogP contribution in [0.5, 0.6) is 0 Å². The number of hydrogen-bond donors (Lipinski definition) is 1. The van der Waals surface area contributed by atoms with Crippen LogP contribution in [0.25, 0.3) is 0 Å². The topological polar surface area (TPSA) is 46.9 Å². The summed E-state index contributed by atoms with van der Waals surface area (Å²) in [5.74, 6) is 0.944. The number of nitrogens with one attached hydrogen (secondary N) is 1. The second kappa shape index (κ2) is 8.04. The summed E-state index contributed by atoms with van der Waals surface area (Å²) in [7, 11) is 0. The quantitative estimate of drug-likeness (QED) is 0.668. The van der Waals surface area contributed by atoms with Gasteiger partial charge in [-0.2, -0.15) is 5.10 Å². The predicted molar refractivity (Wildman–Crippen MR) is 98.6 cm³/mol. The standard InChI is InChI=1S/C18H16ClN3OS/c19-16-9-5-4-6-14(16)12-22-17(10-11-20-22)21-18(23)13-24-15-7-2-1-3-8-15/h1-11H,12-13H2,(H,21,23). The summed E-state index contributed by atoms with van der Waals surface area (Å²) >= 11 is 7.68. The second-order valence-electron chi connectivity index (χ2n) is 5.12.